The van der Waals surface area contributed by atoms with Gasteiger partial charge in [-0.1, -0.05) is 84.4 Å². The van der Waals surface area contributed by atoms with E-state index >= 15 is 0 Å². The maximum absolute atomic E-state index is 6.29. The number of fused-ring (bicyclic) bond motifs is 3. The third-order valence-corrected chi connectivity index (χ3v) is 5.98. The van der Waals surface area contributed by atoms with Gasteiger partial charge >= 0.3 is 0 Å². The number of rotatable bonds is 2. The van der Waals surface area contributed by atoms with E-state index in [9.17, 15) is 0 Å². The summed E-state index contributed by atoms with van der Waals surface area (Å²) in [6.45, 7) is 0. The molecule has 1 aromatic heterocycles. The lowest BCUT2D eigenvalue weighted by Crippen LogP contribution is -1.87. The fourth-order valence-corrected chi connectivity index (χ4v) is 4.59. The molecule has 2 heteroatoms. The summed E-state index contributed by atoms with van der Waals surface area (Å²) >= 11 is 6.29. The van der Waals surface area contributed by atoms with E-state index < -0.39 is 0 Å². The second kappa shape index (κ2) is 6.30. The van der Waals surface area contributed by atoms with Gasteiger partial charge in [0.1, 0.15) is 0 Å². The number of aromatic nitrogens is 1. The van der Waals surface area contributed by atoms with Crippen molar-refractivity contribution in [1.29, 1.82) is 0 Å². The van der Waals surface area contributed by atoms with E-state index in [0.717, 1.165) is 21.8 Å². The summed E-state index contributed by atoms with van der Waals surface area (Å²) in [7, 11) is 0. The molecular weight excluding hydrogens is 374 g/mol. The van der Waals surface area contributed by atoms with E-state index in [1.165, 1.54) is 38.6 Å². The van der Waals surface area contributed by atoms with E-state index in [0.29, 0.717) is 0 Å². The normalized spacial score (nSPS) is 11.6. The largest absolute Gasteiger partial charge is 0.256 e. The standard InChI is InChI=1S/C27H16ClN/c28-19-10-11-21-24-13-12-20(22-7-4-8-23(27(22)24)25(21)15-19)18-9-14-26(29-16-18)17-5-2-1-3-6-17/h1-16H. The molecule has 1 aliphatic rings. The molecule has 0 saturated heterocycles. The molecule has 1 nitrogen and oxygen atoms in total. The van der Waals surface area contributed by atoms with Crippen LogP contribution in [0, 0.1) is 0 Å². The van der Waals surface area contributed by atoms with Crippen molar-refractivity contribution in [3.05, 3.63) is 102 Å². The highest BCUT2D eigenvalue weighted by Crippen LogP contribution is 2.49. The van der Waals surface area contributed by atoms with Crippen LogP contribution in [0.2, 0.25) is 5.02 Å². The van der Waals surface area contributed by atoms with Crippen LogP contribution in [0.4, 0.5) is 0 Å². The molecule has 0 atom stereocenters. The van der Waals surface area contributed by atoms with Crippen LogP contribution in [0.15, 0.2) is 97.2 Å². The maximum Gasteiger partial charge on any atom is 0.0702 e. The molecule has 0 bridgehead atoms. The van der Waals surface area contributed by atoms with Crippen LogP contribution in [0.25, 0.3) is 55.4 Å². The second-order valence-electron chi connectivity index (χ2n) is 7.38. The predicted molar refractivity (Wildman–Crippen MR) is 122 cm³/mol. The van der Waals surface area contributed by atoms with Crippen LogP contribution >= 0.6 is 11.6 Å². The van der Waals surface area contributed by atoms with Crippen molar-refractivity contribution < 1.29 is 0 Å². The molecule has 5 aromatic rings. The van der Waals surface area contributed by atoms with Gasteiger partial charge in [0, 0.05) is 22.3 Å². The van der Waals surface area contributed by atoms with E-state index in [1.54, 1.807) is 0 Å². The van der Waals surface area contributed by atoms with Crippen molar-refractivity contribution in [3.8, 4) is 44.6 Å². The Morgan fingerprint density at radius 1 is 0.552 bits per heavy atom. The average molecular weight is 390 g/mol. The first-order chi connectivity index (χ1) is 14.3. The number of nitrogens with zero attached hydrogens (tertiary/aromatic N) is 1. The minimum absolute atomic E-state index is 0.773. The highest BCUT2D eigenvalue weighted by atomic mass is 35.5. The van der Waals surface area contributed by atoms with Crippen molar-refractivity contribution in [1.82, 2.24) is 4.98 Å². The lowest BCUT2D eigenvalue weighted by molar-refractivity contribution is 1.33. The van der Waals surface area contributed by atoms with E-state index in [4.69, 9.17) is 16.6 Å². The van der Waals surface area contributed by atoms with Crippen molar-refractivity contribution in [2.75, 3.05) is 0 Å². The van der Waals surface area contributed by atoms with Gasteiger partial charge in [-0.2, -0.15) is 0 Å². The Morgan fingerprint density at radius 3 is 2.17 bits per heavy atom. The zero-order valence-electron chi connectivity index (χ0n) is 15.6. The molecule has 29 heavy (non-hydrogen) atoms. The molecule has 0 saturated carbocycles. The molecule has 0 N–H and O–H groups in total. The summed E-state index contributed by atoms with van der Waals surface area (Å²) in [6.07, 6.45) is 1.98. The SMILES string of the molecule is Clc1ccc2c(c1)-c1cccc3c(-c4ccc(-c5ccccc5)nc4)ccc-2c13. The number of hydrogen-bond donors (Lipinski definition) is 0. The van der Waals surface area contributed by atoms with Crippen molar-refractivity contribution in [2.24, 2.45) is 0 Å². The van der Waals surface area contributed by atoms with Gasteiger partial charge in [0.05, 0.1) is 5.69 Å². The van der Waals surface area contributed by atoms with Gasteiger partial charge in [-0.3, -0.25) is 4.98 Å². The number of benzene rings is 4. The van der Waals surface area contributed by atoms with Crippen LogP contribution in [-0.4, -0.2) is 4.98 Å². The first-order valence-electron chi connectivity index (χ1n) is 9.67. The third-order valence-electron chi connectivity index (χ3n) is 5.75. The Labute approximate surface area is 174 Å². The van der Waals surface area contributed by atoms with Crippen LogP contribution in [0.3, 0.4) is 0 Å². The minimum atomic E-state index is 0.773. The first kappa shape index (κ1) is 16.5. The predicted octanol–water partition coefficient (Wildman–Crippen LogP) is 7.87. The van der Waals surface area contributed by atoms with Gasteiger partial charge in [0.25, 0.3) is 0 Å². The third kappa shape index (κ3) is 2.52. The van der Waals surface area contributed by atoms with E-state index in [-0.39, 0.29) is 0 Å². The fraction of sp³-hybridized carbons (Fsp3) is 0. The Kier molecular flexibility index (Phi) is 3.59. The zero-order chi connectivity index (χ0) is 19.4. The van der Waals surface area contributed by atoms with Gasteiger partial charge in [0.2, 0.25) is 0 Å². The van der Waals surface area contributed by atoms with Crippen molar-refractivity contribution in [2.45, 2.75) is 0 Å². The monoisotopic (exact) mass is 389 g/mol. The molecule has 4 aromatic carbocycles. The quantitative estimate of drug-likeness (QED) is 0.293. The molecule has 0 fully saturated rings. The molecule has 1 heterocycles. The first-order valence-corrected chi connectivity index (χ1v) is 10.1. The van der Waals surface area contributed by atoms with E-state index in [2.05, 4.69) is 66.7 Å². The maximum atomic E-state index is 6.29. The summed E-state index contributed by atoms with van der Waals surface area (Å²) in [6, 6.07) is 31.7. The van der Waals surface area contributed by atoms with Crippen molar-refractivity contribution in [3.63, 3.8) is 0 Å². The molecule has 136 valence electrons. The molecule has 0 spiro atoms. The molecule has 6 rings (SSSR count). The zero-order valence-corrected chi connectivity index (χ0v) is 16.3. The summed E-state index contributed by atoms with van der Waals surface area (Å²) in [5.41, 5.74) is 9.45. The van der Waals surface area contributed by atoms with Gasteiger partial charge in [-0.25, -0.2) is 0 Å². The minimum Gasteiger partial charge on any atom is -0.256 e. The van der Waals surface area contributed by atoms with Crippen LogP contribution < -0.4 is 0 Å². The van der Waals surface area contributed by atoms with Crippen LogP contribution in [0.5, 0.6) is 0 Å². The van der Waals surface area contributed by atoms with Gasteiger partial charge in [-0.05, 0) is 56.8 Å². The smallest absolute Gasteiger partial charge is 0.0702 e. The number of hydrogen-bond acceptors (Lipinski definition) is 1. The van der Waals surface area contributed by atoms with Crippen LogP contribution in [-0.2, 0) is 0 Å². The summed E-state index contributed by atoms with van der Waals surface area (Å²) < 4.78 is 0. The van der Waals surface area contributed by atoms with Gasteiger partial charge in [0.15, 0.2) is 0 Å². The molecule has 0 unspecified atom stereocenters. The molecule has 0 aliphatic heterocycles. The lowest BCUT2D eigenvalue weighted by Gasteiger charge is -2.10. The summed E-state index contributed by atoms with van der Waals surface area (Å²) in [5.74, 6) is 0. The molecule has 0 radical (unpaired) electrons. The molecule has 1 aliphatic carbocycles. The van der Waals surface area contributed by atoms with E-state index in [1.807, 2.05) is 30.5 Å². The Hall–Kier alpha value is -3.42. The Morgan fingerprint density at radius 2 is 1.34 bits per heavy atom. The van der Waals surface area contributed by atoms with Gasteiger partial charge < -0.3 is 0 Å². The highest BCUT2D eigenvalue weighted by molar-refractivity contribution is 6.31. The van der Waals surface area contributed by atoms with Crippen molar-refractivity contribution >= 4 is 22.4 Å². The number of pyridine rings is 1. The topological polar surface area (TPSA) is 12.9 Å². The number of halogens is 1. The Balaban J connectivity index is 1.53. The average Bonchev–Trinajstić information content (AvgIpc) is 3.10. The second-order valence-corrected chi connectivity index (χ2v) is 7.81. The van der Waals surface area contributed by atoms with Gasteiger partial charge in [-0.15, -0.1) is 0 Å². The Bertz CT molecular complexity index is 1390. The summed E-state index contributed by atoms with van der Waals surface area (Å²) in [5, 5.41) is 3.32. The highest BCUT2D eigenvalue weighted by Gasteiger charge is 2.22. The fourth-order valence-electron chi connectivity index (χ4n) is 4.41. The lowest BCUT2D eigenvalue weighted by atomic mass is 9.95. The molecule has 0 amide bonds. The molecular formula is C27H16ClN. The van der Waals surface area contributed by atoms with Crippen LogP contribution in [0.1, 0.15) is 0 Å². The summed E-state index contributed by atoms with van der Waals surface area (Å²) in [4.78, 5) is 4.73.